The van der Waals surface area contributed by atoms with Crippen LogP contribution in [0.5, 0.6) is 0 Å². The van der Waals surface area contributed by atoms with Crippen LogP contribution in [0.15, 0.2) is 6.33 Å². The first-order valence-corrected chi connectivity index (χ1v) is 5.46. The Morgan fingerprint density at radius 1 is 1.50 bits per heavy atom. The molecule has 0 bridgehead atoms. The van der Waals surface area contributed by atoms with Crippen molar-refractivity contribution < 1.29 is 14.9 Å². The van der Waals surface area contributed by atoms with E-state index in [-0.39, 0.29) is 12.4 Å². The van der Waals surface area contributed by atoms with Gasteiger partial charge in [0, 0.05) is 6.42 Å². The Morgan fingerprint density at radius 2 is 2.33 bits per heavy atom. The topological polar surface area (TPSA) is 132 Å². The number of imidazole rings is 1. The number of ether oxygens (including phenoxy) is 1. The zero-order chi connectivity index (χ0) is 12.7. The lowest BCUT2D eigenvalue weighted by Gasteiger charge is -2.15. The average molecular weight is 252 g/mol. The number of rotatable bonds is 2. The van der Waals surface area contributed by atoms with Gasteiger partial charge < -0.3 is 20.7 Å². The minimum Gasteiger partial charge on any atom is -0.394 e. The fourth-order valence-corrected chi connectivity index (χ4v) is 2.08. The molecule has 0 aliphatic carbocycles. The quantitative estimate of drug-likeness (QED) is 0.584. The molecule has 9 nitrogen and oxygen atoms in total. The lowest BCUT2D eigenvalue weighted by molar-refractivity contribution is -0.0487. The molecule has 96 valence electrons. The van der Waals surface area contributed by atoms with E-state index in [1.54, 1.807) is 4.57 Å². The minimum absolute atomic E-state index is 0.143. The van der Waals surface area contributed by atoms with Crippen LogP contribution in [0.25, 0.3) is 11.2 Å². The third-order valence-electron chi connectivity index (χ3n) is 2.95. The molecule has 4 N–H and O–H groups in total. The Labute approximate surface area is 101 Å². The van der Waals surface area contributed by atoms with Gasteiger partial charge in [-0.15, -0.1) is 10.2 Å². The summed E-state index contributed by atoms with van der Waals surface area (Å²) in [5.74, 6) is 0.171. The van der Waals surface area contributed by atoms with Crippen LogP contribution in [-0.4, -0.2) is 54.0 Å². The first kappa shape index (κ1) is 11.3. The molecule has 3 rings (SSSR count). The number of aliphatic hydroxyl groups excluding tert-OH is 2. The van der Waals surface area contributed by atoms with Gasteiger partial charge in [0.15, 0.2) is 23.2 Å². The zero-order valence-corrected chi connectivity index (χ0v) is 9.34. The van der Waals surface area contributed by atoms with Crippen LogP contribution in [-0.2, 0) is 4.74 Å². The summed E-state index contributed by atoms with van der Waals surface area (Å²) in [6.45, 7) is -0.143. The number of aliphatic hydroxyl groups is 2. The van der Waals surface area contributed by atoms with Gasteiger partial charge in [-0.05, 0) is 5.21 Å². The maximum Gasteiger partial charge on any atom is 0.190 e. The van der Waals surface area contributed by atoms with E-state index in [4.69, 9.17) is 15.6 Å². The molecular formula is C9H12N6O3. The van der Waals surface area contributed by atoms with Crippen molar-refractivity contribution in [1.29, 1.82) is 0 Å². The Morgan fingerprint density at radius 3 is 3.06 bits per heavy atom. The molecular weight excluding hydrogens is 240 g/mol. The Hall–Kier alpha value is -1.84. The third-order valence-corrected chi connectivity index (χ3v) is 2.95. The largest absolute Gasteiger partial charge is 0.394 e. The summed E-state index contributed by atoms with van der Waals surface area (Å²) in [5, 5.41) is 29.9. The highest BCUT2D eigenvalue weighted by Gasteiger charge is 2.35. The highest BCUT2D eigenvalue weighted by atomic mass is 16.5. The van der Waals surface area contributed by atoms with Crippen molar-refractivity contribution in [2.45, 2.75) is 24.9 Å². The van der Waals surface area contributed by atoms with Gasteiger partial charge in [0.05, 0.1) is 19.0 Å². The van der Waals surface area contributed by atoms with E-state index in [0.717, 1.165) is 0 Å². The number of fused-ring (bicyclic) bond motifs is 1. The first-order valence-electron chi connectivity index (χ1n) is 5.46. The van der Waals surface area contributed by atoms with E-state index in [0.29, 0.717) is 17.6 Å². The molecule has 1 fully saturated rings. The van der Waals surface area contributed by atoms with Crippen LogP contribution in [0.3, 0.4) is 0 Å². The Bertz CT molecular complexity index is 572. The number of nitrogens with zero attached hydrogens (tertiary/aromatic N) is 5. The van der Waals surface area contributed by atoms with Gasteiger partial charge in [0.2, 0.25) is 0 Å². The lowest BCUT2D eigenvalue weighted by Crippen LogP contribution is -2.19. The van der Waals surface area contributed by atoms with E-state index in [2.05, 4.69) is 20.4 Å². The van der Waals surface area contributed by atoms with E-state index < -0.39 is 18.4 Å². The van der Waals surface area contributed by atoms with Crippen LogP contribution >= 0.6 is 0 Å². The van der Waals surface area contributed by atoms with E-state index in [1.807, 2.05) is 0 Å². The molecule has 2 aromatic heterocycles. The summed E-state index contributed by atoms with van der Waals surface area (Å²) in [6.07, 6.45) is 0.0356. The fraction of sp³-hybridized carbons (Fsp3) is 0.556. The summed E-state index contributed by atoms with van der Waals surface area (Å²) in [4.78, 5) is 4.07. The predicted octanol–water partition coefficient (Wildman–Crippen LogP) is -1.56. The maximum absolute atomic E-state index is 9.91. The van der Waals surface area contributed by atoms with Gasteiger partial charge in [-0.25, -0.2) is 4.98 Å². The minimum atomic E-state index is -0.740. The molecule has 3 heterocycles. The second-order valence-electron chi connectivity index (χ2n) is 4.13. The van der Waals surface area contributed by atoms with Crippen LogP contribution < -0.4 is 5.73 Å². The molecule has 2 aromatic rings. The molecule has 9 heteroatoms. The molecule has 0 amide bonds. The molecule has 0 spiro atoms. The van der Waals surface area contributed by atoms with E-state index >= 15 is 0 Å². The molecule has 1 aliphatic heterocycles. The molecule has 0 saturated carbocycles. The smallest absolute Gasteiger partial charge is 0.190 e. The van der Waals surface area contributed by atoms with E-state index in [9.17, 15) is 5.11 Å². The Kier molecular flexibility index (Phi) is 2.58. The van der Waals surface area contributed by atoms with Crippen LogP contribution in [0.1, 0.15) is 12.6 Å². The maximum atomic E-state index is 9.91. The first-order chi connectivity index (χ1) is 8.70. The molecule has 18 heavy (non-hydrogen) atoms. The van der Waals surface area contributed by atoms with Gasteiger partial charge in [-0.3, -0.25) is 4.57 Å². The van der Waals surface area contributed by atoms with Gasteiger partial charge in [-0.1, -0.05) is 0 Å². The molecule has 0 aromatic carbocycles. The van der Waals surface area contributed by atoms with Crippen molar-refractivity contribution in [2.75, 3.05) is 12.3 Å². The summed E-state index contributed by atoms with van der Waals surface area (Å²) in [5.41, 5.74) is 6.43. The number of hydrogen-bond donors (Lipinski definition) is 3. The fourth-order valence-electron chi connectivity index (χ4n) is 2.08. The van der Waals surface area contributed by atoms with Gasteiger partial charge in [0.1, 0.15) is 6.10 Å². The number of nitrogen functional groups attached to an aromatic ring is 1. The molecule has 1 saturated heterocycles. The zero-order valence-electron chi connectivity index (χ0n) is 9.34. The summed E-state index contributed by atoms with van der Waals surface area (Å²) >= 11 is 0. The van der Waals surface area contributed by atoms with Crippen molar-refractivity contribution in [1.82, 2.24) is 25.0 Å². The highest BCUT2D eigenvalue weighted by Crippen LogP contribution is 2.30. The monoisotopic (exact) mass is 252 g/mol. The molecule has 0 unspecified atom stereocenters. The number of nitrogens with two attached hydrogens (primary N) is 1. The highest BCUT2D eigenvalue weighted by molar-refractivity contribution is 5.80. The average Bonchev–Trinajstić information content (AvgIpc) is 2.93. The standard InChI is InChI=1S/C9H12N6O3/c10-7-6-8(13-14-12-7)15(3-11-6)9-5(17)1-4(2-16)18-9/h3-5,9,16-17H,1-2H2,(H2,10,12,13)/t4-,5+,9+/m0/s1. The number of anilines is 1. The Balaban J connectivity index is 2.02. The normalized spacial score (nSPS) is 28.0. The predicted molar refractivity (Wildman–Crippen MR) is 59.2 cm³/mol. The van der Waals surface area contributed by atoms with Crippen LogP contribution in [0.4, 0.5) is 5.82 Å². The molecule has 3 atom stereocenters. The van der Waals surface area contributed by atoms with Gasteiger partial charge in [0.25, 0.3) is 0 Å². The van der Waals surface area contributed by atoms with Gasteiger partial charge >= 0.3 is 0 Å². The van der Waals surface area contributed by atoms with Crippen molar-refractivity contribution in [3.8, 4) is 0 Å². The lowest BCUT2D eigenvalue weighted by atomic mass is 10.2. The van der Waals surface area contributed by atoms with Crippen LogP contribution in [0, 0.1) is 0 Å². The second-order valence-corrected chi connectivity index (χ2v) is 4.13. The number of hydrogen-bond acceptors (Lipinski definition) is 8. The van der Waals surface area contributed by atoms with Crippen molar-refractivity contribution in [2.24, 2.45) is 0 Å². The van der Waals surface area contributed by atoms with Crippen molar-refractivity contribution >= 4 is 17.0 Å². The molecule has 0 radical (unpaired) electrons. The van der Waals surface area contributed by atoms with Crippen LogP contribution in [0.2, 0.25) is 0 Å². The van der Waals surface area contributed by atoms with E-state index in [1.165, 1.54) is 6.33 Å². The van der Waals surface area contributed by atoms with Crippen molar-refractivity contribution in [3.63, 3.8) is 0 Å². The third kappa shape index (κ3) is 1.60. The summed E-state index contributed by atoms with van der Waals surface area (Å²) in [7, 11) is 0. The molecule has 1 aliphatic rings. The summed E-state index contributed by atoms with van der Waals surface area (Å²) < 4.78 is 7.05. The summed E-state index contributed by atoms with van der Waals surface area (Å²) in [6, 6.07) is 0. The number of aromatic nitrogens is 5. The second kappa shape index (κ2) is 4.12. The SMILES string of the molecule is Nc1nnnc2c1ncn2[C@@H]1O[C@H](CO)C[C@H]1O. The van der Waals surface area contributed by atoms with Crippen molar-refractivity contribution in [3.05, 3.63) is 6.33 Å². The van der Waals surface area contributed by atoms with Gasteiger partial charge in [-0.2, -0.15) is 0 Å².